The van der Waals surface area contributed by atoms with Crippen molar-refractivity contribution in [2.24, 2.45) is 12.5 Å². The van der Waals surface area contributed by atoms with Gasteiger partial charge in [-0.25, -0.2) is 0 Å². The SMILES string of the molecule is Cn1cc(CC(C)(C)C=O)c(Br)n1. The van der Waals surface area contributed by atoms with Crippen molar-refractivity contribution in [3.63, 3.8) is 0 Å². The fraction of sp³-hybridized carbons (Fsp3) is 0.556. The second-order valence-electron chi connectivity index (χ2n) is 3.90. The molecule has 0 radical (unpaired) electrons. The lowest BCUT2D eigenvalue weighted by molar-refractivity contribution is -0.114. The first-order valence-corrected chi connectivity index (χ1v) is 4.88. The Morgan fingerprint density at radius 2 is 2.31 bits per heavy atom. The van der Waals surface area contributed by atoms with E-state index in [4.69, 9.17) is 0 Å². The molecule has 4 heteroatoms. The molecule has 0 atom stereocenters. The molecule has 72 valence electrons. The second kappa shape index (κ2) is 3.62. The Balaban J connectivity index is 2.85. The van der Waals surface area contributed by atoms with Gasteiger partial charge < -0.3 is 4.79 Å². The molecule has 1 rings (SSSR count). The van der Waals surface area contributed by atoms with Crippen molar-refractivity contribution in [3.8, 4) is 0 Å². The molecular weight excluding hydrogens is 232 g/mol. The van der Waals surface area contributed by atoms with Gasteiger partial charge in [0, 0.05) is 24.2 Å². The highest BCUT2D eigenvalue weighted by Gasteiger charge is 2.19. The quantitative estimate of drug-likeness (QED) is 0.763. The third-order valence-electron chi connectivity index (χ3n) is 1.82. The summed E-state index contributed by atoms with van der Waals surface area (Å²) in [6.07, 6.45) is 3.62. The molecule has 0 unspecified atom stereocenters. The van der Waals surface area contributed by atoms with Crippen LogP contribution in [-0.2, 0) is 18.3 Å². The minimum Gasteiger partial charge on any atom is -0.303 e. The number of carbonyl (C=O) groups excluding carboxylic acids is 1. The molecule has 0 aromatic carbocycles. The average molecular weight is 245 g/mol. The number of hydrogen-bond acceptors (Lipinski definition) is 2. The highest BCUT2D eigenvalue weighted by Crippen LogP contribution is 2.23. The summed E-state index contributed by atoms with van der Waals surface area (Å²) in [5, 5.41) is 4.15. The molecule has 0 fully saturated rings. The van der Waals surface area contributed by atoms with Crippen LogP contribution in [0.25, 0.3) is 0 Å². The van der Waals surface area contributed by atoms with Crippen molar-refractivity contribution in [3.05, 3.63) is 16.4 Å². The Kier molecular flexibility index (Phi) is 2.91. The largest absolute Gasteiger partial charge is 0.303 e. The standard InChI is InChI=1S/C9H13BrN2O/c1-9(2,6-13)4-7-5-12(3)11-8(7)10/h5-6H,4H2,1-3H3. The molecule has 3 nitrogen and oxygen atoms in total. The number of carbonyl (C=O) groups is 1. The summed E-state index contributed by atoms with van der Waals surface area (Å²) in [6, 6.07) is 0. The summed E-state index contributed by atoms with van der Waals surface area (Å²) in [5.41, 5.74) is 0.755. The molecule has 0 N–H and O–H groups in total. The summed E-state index contributed by atoms with van der Waals surface area (Å²) in [5.74, 6) is 0. The topological polar surface area (TPSA) is 34.9 Å². The third kappa shape index (κ3) is 2.66. The molecule has 0 aliphatic heterocycles. The molecular formula is C9H13BrN2O. The molecule has 0 saturated heterocycles. The van der Waals surface area contributed by atoms with Crippen molar-refractivity contribution >= 4 is 22.2 Å². The van der Waals surface area contributed by atoms with Gasteiger partial charge in [0.2, 0.25) is 0 Å². The van der Waals surface area contributed by atoms with Crippen LogP contribution < -0.4 is 0 Å². The van der Waals surface area contributed by atoms with Gasteiger partial charge >= 0.3 is 0 Å². The zero-order valence-electron chi connectivity index (χ0n) is 8.04. The monoisotopic (exact) mass is 244 g/mol. The van der Waals surface area contributed by atoms with E-state index in [1.54, 1.807) is 4.68 Å². The fourth-order valence-electron chi connectivity index (χ4n) is 1.16. The zero-order valence-corrected chi connectivity index (χ0v) is 9.63. The maximum atomic E-state index is 10.7. The Hall–Kier alpha value is -0.640. The number of nitrogens with zero attached hydrogens (tertiary/aromatic N) is 2. The van der Waals surface area contributed by atoms with Gasteiger partial charge in [-0.05, 0) is 22.4 Å². The minimum absolute atomic E-state index is 0.314. The lowest BCUT2D eigenvalue weighted by atomic mass is 9.89. The minimum atomic E-state index is -0.314. The number of halogens is 1. The number of aldehydes is 1. The van der Waals surface area contributed by atoms with Gasteiger partial charge in [-0.3, -0.25) is 4.68 Å². The molecule has 0 saturated carbocycles. The van der Waals surface area contributed by atoms with E-state index in [1.807, 2.05) is 27.1 Å². The van der Waals surface area contributed by atoms with E-state index < -0.39 is 0 Å². The van der Waals surface area contributed by atoms with Crippen molar-refractivity contribution in [1.29, 1.82) is 0 Å². The maximum absolute atomic E-state index is 10.7. The molecule has 1 aromatic rings. The van der Waals surface area contributed by atoms with Crippen LogP contribution in [0.2, 0.25) is 0 Å². The smallest absolute Gasteiger partial charge is 0.131 e. The number of rotatable bonds is 3. The Labute approximate surface area is 86.3 Å². The molecule has 0 aliphatic rings. The first kappa shape index (κ1) is 10.4. The highest BCUT2D eigenvalue weighted by atomic mass is 79.9. The summed E-state index contributed by atoms with van der Waals surface area (Å²) < 4.78 is 2.56. The van der Waals surface area contributed by atoms with E-state index >= 15 is 0 Å². The van der Waals surface area contributed by atoms with Gasteiger partial charge in [-0.1, -0.05) is 13.8 Å². The van der Waals surface area contributed by atoms with Crippen LogP contribution >= 0.6 is 15.9 Å². The van der Waals surface area contributed by atoms with Gasteiger partial charge in [0.05, 0.1) is 0 Å². The van der Waals surface area contributed by atoms with Crippen LogP contribution in [-0.4, -0.2) is 16.1 Å². The van der Waals surface area contributed by atoms with Crippen LogP contribution in [0.1, 0.15) is 19.4 Å². The number of hydrogen-bond donors (Lipinski definition) is 0. The van der Waals surface area contributed by atoms with Crippen molar-refractivity contribution in [1.82, 2.24) is 9.78 Å². The Morgan fingerprint density at radius 1 is 1.69 bits per heavy atom. The van der Waals surface area contributed by atoms with Gasteiger partial charge in [0.1, 0.15) is 10.9 Å². The predicted octanol–water partition coefficient (Wildman–Crippen LogP) is 1.95. The third-order valence-corrected chi connectivity index (χ3v) is 2.49. The molecule has 13 heavy (non-hydrogen) atoms. The van der Waals surface area contributed by atoms with E-state index in [0.717, 1.165) is 16.5 Å². The Bertz CT molecular complexity index is 317. The van der Waals surface area contributed by atoms with Crippen LogP contribution in [0, 0.1) is 5.41 Å². The Morgan fingerprint density at radius 3 is 2.69 bits per heavy atom. The highest BCUT2D eigenvalue weighted by molar-refractivity contribution is 9.10. The van der Waals surface area contributed by atoms with Gasteiger partial charge in [-0.15, -0.1) is 0 Å². The van der Waals surface area contributed by atoms with E-state index in [2.05, 4.69) is 21.0 Å². The van der Waals surface area contributed by atoms with Crippen LogP contribution in [0.5, 0.6) is 0 Å². The summed E-state index contributed by atoms with van der Waals surface area (Å²) >= 11 is 3.35. The normalized spacial score (nSPS) is 11.7. The first-order chi connectivity index (χ1) is 5.94. The molecule has 0 aliphatic carbocycles. The van der Waals surface area contributed by atoms with Gasteiger partial charge in [0.15, 0.2) is 0 Å². The molecule has 0 amide bonds. The fourth-order valence-corrected chi connectivity index (χ4v) is 1.65. The molecule has 1 aromatic heterocycles. The number of aryl methyl sites for hydroxylation is 1. The number of aromatic nitrogens is 2. The molecule has 0 bridgehead atoms. The maximum Gasteiger partial charge on any atom is 0.131 e. The lowest BCUT2D eigenvalue weighted by Gasteiger charge is -2.14. The van der Waals surface area contributed by atoms with Crippen molar-refractivity contribution in [2.75, 3.05) is 0 Å². The second-order valence-corrected chi connectivity index (χ2v) is 4.65. The van der Waals surface area contributed by atoms with Crippen LogP contribution in [0.15, 0.2) is 10.8 Å². The van der Waals surface area contributed by atoms with E-state index in [1.165, 1.54) is 0 Å². The van der Waals surface area contributed by atoms with E-state index in [-0.39, 0.29) is 5.41 Å². The summed E-state index contributed by atoms with van der Waals surface area (Å²) in [7, 11) is 1.86. The lowest BCUT2D eigenvalue weighted by Crippen LogP contribution is -2.16. The van der Waals surface area contributed by atoms with Crippen LogP contribution in [0.3, 0.4) is 0 Å². The molecule has 0 spiro atoms. The van der Waals surface area contributed by atoms with Crippen molar-refractivity contribution < 1.29 is 4.79 Å². The predicted molar refractivity (Wildman–Crippen MR) is 54.5 cm³/mol. The van der Waals surface area contributed by atoms with Crippen molar-refractivity contribution in [2.45, 2.75) is 20.3 Å². The summed E-state index contributed by atoms with van der Waals surface area (Å²) in [4.78, 5) is 10.7. The van der Waals surface area contributed by atoms with Gasteiger partial charge in [0.25, 0.3) is 0 Å². The average Bonchev–Trinajstić information content (AvgIpc) is 2.30. The first-order valence-electron chi connectivity index (χ1n) is 4.09. The zero-order chi connectivity index (χ0) is 10.1. The van der Waals surface area contributed by atoms with Gasteiger partial charge in [-0.2, -0.15) is 5.10 Å². The summed E-state index contributed by atoms with van der Waals surface area (Å²) in [6.45, 7) is 3.83. The van der Waals surface area contributed by atoms with E-state index in [9.17, 15) is 4.79 Å². The van der Waals surface area contributed by atoms with E-state index in [0.29, 0.717) is 6.42 Å². The molecule has 1 heterocycles. The van der Waals surface area contributed by atoms with Crippen LogP contribution in [0.4, 0.5) is 0 Å².